The molecule has 5 heteroatoms. The van der Waals surface area contributed by atoms with Gasteiger partial charge in [-0.3, -0.25) is 9.59 Å². The third kappa shape index (κ3) is 3.65. The fourth-order valence-corrected chi connectivity index (χ4v) is 2.89. The van der Waals surface area contributed by atoms with Crippen molar-refractivity contribution < 1.29 is 14.3 Å². The van der Waals surface area contributed by atoms with Gasteiger partial charge in [0, 0.05) is 18.7 Å². The lowest BCUT2D eigenvalue weighted by Gasteiger charge is -2.32. The lowest BCUT2D eigenvalue weighted by atomic mass is 10.1. The predicted molar refractivity (Wildman–Crippen MR) is 98.0 cm³/mol. The molecule has 25 heavy (non-hydrogen) atoms. The second-order valence-electron chi connectivity index (χ2n) is 6.33. The van der Waals surface area contributed by atoms with Gasteiger partial charge in [-0.05, 0) is 50.1 Å². The molecule has 0 fully saturated rings. The van der Waals surface area contributed by atoms with Gasteiger partial charge in [-0.15, -0.1) is 0 Å². The molecule has 0 radical (unpaired) electrons. The third-order valence-corrected chi connectivity index (χ3v) is 4.30. The van der Waals surface area contributed by atoms with E-state index in [4.69, 9.17) is 4.74 Å². The number of carbonyl (C=O) groups is 2. The quantitative estimate of drug-likeness (QED) is 0.929. The number of ether oxygens (including phenoxy) is 1. The number of anilines is 2. The maximum absolute atomic E-state index is 12.4. The Morgan fingerprint density at radius 3 is 2.76 bits per heavy atom. The Kier molecular flexibility index (Phi) is 4.74. The zero-order chi connectivity index (χ0) is 18.0. The minimum atomic E-state index is -0.544. The highest BCUT2D eigenvalue weighted by atomic mass is 16.5. The van der Waals surface area contributed by atoms with E-state index in [2.05, 4.69) is 5.32 Å². The van der Waals surface area contributed by atoms with Gasteiger partial charge in [0.25, 0.3) is 5.91 Å². The molecule has 1 atom stereocenters. The summed E-state index contributed by atoms with van der Waals surface area (Å²) in [6.07, 6.45) is -0.322. The second-order valence-corrected chi connectivity index (χ2v) is 6.33. The van der Waals surface area contributed by atoms with Gasteiger partial charge in [-0.2, -0.15) is 0 Å². The molecule has 0 saturated carbocycles. The Hall–Kier alpha value is -2.82. The number of nitrogens with one attached hydrogen (secondary N) is 1. The maximum Gasteiger partial charge on any atom is 0.267 e. The number of para-hydroxylation sites is 2. The number of rotatable bonds is 4. The molecule has 5 nitrogen and oxygen atoms in total. The summed E-state index contributed by atoms with van der Waals surface area (Å²) in [5, 5.41) is 2.93. The lowest BCUT2D eigenvalue weighted by molar-refractivity contribution is -0.125. The highest BCUT2D eigenvalue weighted by Gasteiger charge is 2.31. The van der Waals surface area contributed by atoms with Crippen molar-refractivity contribution in [3.63, 3.8) is 0 Å². The van der Waals surface area contributed by atoms with Gasteiger partial charge < -0.3 is 15.0 Å². The van der Waals surface area contributed by atoms with Gasteiger partial charge in [-0.25, -0.2) is 0 Å². The molecule has 0 spiro atoms. The summed E-state index contributed by atoms with van der Waals surface area (Å²) >= 11 is 0. The first-order valence-electron chi connectivity index (χ1n) is 8.40. The predicted octanol–water partition coefficient (Wildman–Crippen LogP) is 3.45. The molecule has 0 saturated heterocycles. The molecule has 0 aromatic heterocycles. The van der Waals surface area contributed by atoms with Crippen LogP contribution in [-0.2, 0) is 9.59 Å². The van der Waals surface area contributed by atoms with E-state index in [-0.39, 0.29) is 18.2 Å². The van der Waals surface area contributed by atoms with Crippen LogP contribution in [-0.4, -0.2) is 24.5 Å². The van der Waals surface area contributed by atoms with Crippen molar-refractivity contribution >= 4 is 23.2 Å². The van der Waals surface area contributed by atoms with Crippen LogP contribution in [0.1, 0.15) is 24.5 Å². The highest BCUT2D eigenvalue weighted by Crippen LogP contribution is 2.33. The van der Waals surface area contributed by atoms with Crippen molar-refractivity contribution in [3.05, 3.63) is 53.6 Å². The molecule has 1 heterocycles. The normalized spacial score (nSPS) is 16.2. The van der Waals surface area contributed by atoms with E-state index in [0.29, 0.717) is 18.0 Å². The molecular formula is C20H22N2O3. The van der Waals surface area contributed by atoms with Crippen molar-refractivity contribution in [2.45, 2.75) is 33.3 Å². The van der Waals surface area contributed by atoms with Gasteiger partial charge in [0.15, 0.2) is 6.10 Å². The number of aryl methyl sites for hydroxylation is 2. The van der Waals surface area contributed by atoms with Gasteiger partial charge in [0.05, 0.1) is 5.69 Å². The van der Waals surface area contributed by atoms with Gasteiger partial charge in [0.1, 0.15) is 5.75 Å². The van der Waals surface area contributed by atoms with Crippen molar-refractivity contribution in [2.24, 2.45) is 0 Å². The number of nitrogens with zero attached hydrogens (tertiary/aromatic N) is 1. The van der Waals surface area contributed by atoms with Crippen LogP contribution in [0.3, 0.4) is 0 Å². The Morgan fingerprint density at radius 2 is 1.96 bits per heavy atom. The first kappa shape index (κ1) is 17.0. The molecule has 2 amide bonds. The van der Waals surface area contributed by atoms with E-state index in [9.17, 15) is 9.59 Å². The number of hydrogen-bond donors (Lipinski definition) is 1. The Morgan fingerprint density at radius 1 is 1.20 bits per heavy atom. The van der Waals surface area contributed by atoms with E-state index in [0.717, 1.165) is 16.8 Å². The minimum Gasteiger partial charge on any atom is -0.479 e. The van der Waals surface area contributed by atoms with Crippen LogP contribution in [0.5, 0.6) is 5.75 Å². The Labute approximate surface area is 147 Å². The summed E-state index contributed by atoms with van der Waals surface area (Å²) in [6.45, 7) is 5.99. The minimum absolute atomic E-state index is 0.113. The molecule has 1 aliphatic rings. The smallest absolute Gasteiger partial charge is 0.267 e. The molecule has 1 aliphatic heterocycles. The van der Waals surface area contributed by atoms with Crippen molar-refractivity contribution in [1.82, 2.24) is 0 Å². The topological polar surface area (TPSA) is 58.6 Å². The highest BCUT2D eigenvalue weighted by molar-refractivity contribution is 6.00. The van der Waals surface area contributed by atoms with E-state index in [1.54, 1.807) is 11.8 Å². The summed E-state index contributed by atoms with van der Waals surface area (Å²) in [5.41, 5.74) is 3.63. The summed E-state index contributed by atoms with van der Waals surface area (Å²) in [7, 11) is 0. The van der Waals surface area contributed by atoms with Crippen LogP contribution < -0.4 is 15.0 Å². The van der Waals surface area contributed by atoms with Crippen molar-refractivity contribution in [2.75, 3.05) is 16.8 Å². The summed E-state index contributed by atoms with van der Waals surface area (Å²) in [4.78, 5) is 26.4. The van der Waals surface area contributed by atoms with Crippen molar-refractivity contribution in [3.8, 4) is 5.75 Å². The molecule has 0 aliphatic carbocycles. The summed E-state index contributed by atoms with van der Waals surface area (Å²) in [6, 6.07) is 13.3. The molecule has 1 N–H and O–H groups in total. The van der Waals surface area contributed by atoms with Crippen LogP contribution in [0.4, 0.5) is 11.4 Å². The molecule has 130 valence electrons. The van der Waals surface area contributed by atoms with Crippen LogP contribution in [0.2, 0.25) is 0 Å². The monoisotopic (exact) mass is 338 g/mol. The second kappa shape index (κ2) is 6.97. The summed E-state index contributed by atoms with van der Waals surface area (Å²) in [5.74, 6) is 0.431. The average molecular weight is 338 g/mol. The van der Waals surface area contributed by atoms with E-state index >= 15 is 0 Å². The summed E-state index contributed by atoms with van der Waals surface area (Å²) < 4.78 is 5.61. The van der Waals surface area contributed by atoms with E-state index in [1.165, 1.54) is 0 Å². The van der Waals surface area contributed by atoms with Gasteiger partial charge >= 0.3 is 0 Å². The fraction of sp³-hybridized carbons (Fsp3) is 0.300. The van der Waals surface area contributed by atoms with Crippen LogP contribution in [0.25, 0.3) is 0 Å². The lowest BCUT2D eigenvalue weighted by Crippen LogP contribution is -2.45. The van der Waals surface area contributed by atoms with Crippen molar-refractivity contribution in [1.29, 1.82) is 0 Å². The SMILES string of the molecule is Cc1ccc(C)c(NC(=O)CCN2C(=O)C(C)Oc3ccccc32)c1. The third-order valence-electron chi connectivity index (χ3n) is 4.30. The van der Waals surface area contributed by atoms with Crippen LogP contribution in [0.15, 0.2) is 42.5 Å². The number of carbonyl (C=O) groups excluding carboxylic acids is 2. The Bertz CT molecular complexity index is 816. The zero-order valence-electron chi connectivity index (χ0n) is 14.7. The average Bonchev–Trinajstić information content (AvgIpc) is 2.58. The molecule has 3 rings (SSSR count). The van der Waals surface area contributed by atoms with Crippen LogP contribution >= 0.6 is 0 Å². The van der Waals surface area contributed by atoms with Gasteiger partial charge in [0.2, 0.25) is 5.91 Å². The number of amides is 2. The molecule has 2 aromatic carbocycles. The standard InChI is InChI=1S/C20H22N2O3/c1-13-8-9-14(2)16(12-13)21-19(23)10-11-22-17-6-4-5-7-18(17)25-15(3)20(22)24/h4-9,12,15H,10-11H2,1-3H3,(H,21,23). The van der Waals surface area contributed by atoms with Crippen LogP contribution in [0, 0.1) is 13.8 Å². The molecule has 2 aromatic rings. The van der Waals surface area contributed by atoms with Gasteiger partial charge in [-0.1, -0.05) is 24.3 Å². The largest absolute Gasteiger partial charge is 0.479 e. The Balaban J connectivity index is 1.69. The fourth-order valence-electron chi connectivity index (χ4n) is 2.89. The molecule has 0 bridgehead atoms. The van der Waals surface area contributed by atoms with E-state index in [1.807, 2.05) is 56.3 Å². The molecule has 1 unspecified atom stereocenters. The van der Waals surface area contributed by atoms with E-state index < -0.39 is 6.10 Å². The maximum atomic E-state index is 12.4. The first-order valence-corrected chi connectivity index (χ1v) is 8.40. The first-order chi connectivity index (χ1) is 12.0. The number of fused-ring (bicyclic) bond motifs is 1. The zero-order valence-corrected chi connectivity index (χ0v) is 14.7. The number of benzene rings is 2. The molecular weight excluding hydrogens is 316 g/mol. The number of hydrogen-bond acceptors (Lipinski definition) is 3.